The Labute approximate surface area is 157 Å². The third-order valence-electron chi connectivity index (χ3n) is 5.36. The standard InChI is InChI=1S/C21H28N2O.ClH/c1-14(2)20(22)11-12-23(3)21(24)19-13-18(19)17-10-6-8-15-7-4-5-9-16(15)17;/h4-10,14,18-20H,11-13,22H2,1-3H3;1H. The van der Waals surface area contributed by atoms with E-state index in [1.807, 2.05) is 11.9 Å². The topological polar surface area (TPSA) is 46.3 Å². The molecular formula is C21H29ClN2O. The van der Waals surface area contributed by atoms with Crippen LogP contribution in [0.2, 0.25) is 0 Å². The summed E-state index contributed by atoms with van der Waals surface area (Å²) in [7, 11) is 1.91. The van der Waals surface area contributed by atoms with Crippen molar-refractivity contribution in [2.75, 3.05) is 13.6 Å². The predicted octanol–water partition coefficient (Wildman–Crippen LogP) is 4.20. The summed E-state index contributed by atoms with van der Waals surface area (Å²) in [5.74, 6) is 1.22. The number of benzene rings is 2. The molecule has 136 valence electrons. The first-order valence-electron chi connectivity index (χ1n) is 8.97. The lowest BCUT2D eigenvalue weighted by atomic mass is 10.00. The molecule has 3 nitrogen and oxygen atoms in total. The second kappa shape index (κ2) is 8.20. The largest absolute Gasteiger partial charge is 0.345 e. The van der Waals surface area contributed by atoms with Crippen LogP contribution in [0.4, 0.5) is 0 Å². The number of rotatable bonds is 6. The van der Waals surface area contributed by atoms with Crippen molar-refractivity contribution >= 4 is 29.1 Å². The molecule has 3 atom stereocenters. The molecule has 0 spiro atoms. The predicted molar refractivity (Wildman–Crippen MR) is 107 cm³/mol. The van der Waals surface area contributed by atoms with Gasteiger partial charge < -0.3 is 10.6 Å². The highest BCUT2D eigenvalue weighted by Crippen LogP contribution is 2.50. The summed E-state index contributed by atoms with van der Waals surface area (Å²) in [4.78, 5) is 14.6. The van der Waals surface area contributed by atoms with Gasteiger partial charge in [0, 0.05) is 25.6 Å². The Morgan fingerprint density at radius 2 is 1.88 bits per heavy atom. The van der Waals surface area contributed by atoms with E-state index in [0.29, 0.717) is 11.8 Å². The molecule has 0 aromatic heterocycles. The van der Waals surface area contributed by atoms with Crippen molar-refractivity contribution in [1.82, 2.24) is 4.90 Å². The van der Waals surface area contributed by atoms with Gasteiger partial charge in [-0.05, 0) is 41.0 Å². The molecule has 1 fully saturated rings. The summed E-state index contributed by atoms with van der Waals surface area (Å²) in [6.45, 7) is 5.00. The maximum Gasteiger partial charge on any atom is 0.226 e. The third-order valence-corrected chi connectivity index (χ3v) is 5.36. The molecule has 0 aliphatic heterocycles. The number of carbonyl (C=O) groups excluding carboxylic acids is 1. The van der Waals surface area contributed by atoms with Crippen molar-refractivity contribution in [2.24, 2.45) is 17.6 Å². The van der Waals surface area contributed by atoms with Gasteiger partial charge in [-0.1, -0.05) is 56.3 Å². The average molecular weight is 361 g/mol. The summed E-state index contributed by atoms with van der Waals surface area (Å²) in [5.41, 5.74) is 7.42. The molecule has 1 aliphatic carbocycles. The van der Waals surface area contributed by atoms with Gasteiger partial charge in [-0.3, -0.25) is 4.79 Å². The van der Waals surface area contributed by atoms with Crippen molar-refractivity contribution in [3.8, 4) is 0 Å². The minimum absolute atomic E-state index is 0. The molecule has 0 bridgehead atoms. The summed E-state index contributed by atoms with van der Waals surface area (Å²) in [5, 5.41) is 2.54. The summed E-state index contributed by atoms with van der Waals surface area (Å²) in [6, 6.07) is 15.0. The first-order chi connectivity index (χ1) is 11.5. The van der Waals surface area contributed by atoms with Crippen molar-refractivity contribution in [2.45, 2.75) is 38.6 Å². The second-order valence-corrected chi connectivity index (χ2v) is 7.47. The van der Waals surface area contributed by atoms with E-state index in [1.54, 1.807) is 0 Å². The van der Waals surface area contributed by atoms with Crippen LogP contribution in [-0.2, 0) is 4.79 Å². The Bertz CT molecular complexity index is 725. The van der Waals surface area contributed by atoms with Crippen molar-refractivity contribution in [1.29, 1.82) is 0 Å². The molecule has 3 rings (SSSR count). The van der Waals surface area contributed by atoms with Gasteiger partial charge >= 0.3 is 0 Å². The molecule has 1 saturated carbocycles. The average Bonchev–Trinajstić information content (AvgIpc) is 3.38. The maximum atomic E-state index is 12.7. The summed E-state index contributed by atoms with van der Waals surface area (Å²) >= 11 is 0. The summed E-state index contributed by atoms with van der Waals surface area (Å²) in [6.07, 6.45) is 1.83. The first kappa shape index (κ1) is 19.7. The molecule has 2 aromatic rings. The van der Waals surface area contributed by atoms with Crippen LogP contribution >= 0.6 is 12.4 Å². The Morgan fingerprint density at radius 3 is 2.60 bits per heavy atom. The van der Waals surface area contributed by atoms with Crippen molar-refractivity contribution in [3.63, 3.8) is 0 Å². The lowest BCUT2D eigenvalue weighted by Crippen LogP contribution is -2.35. The van der Waals surface area contributed by atoms with Crippen LogP contribution in [0, 0.1) is 11.8 Å². The molecule has 25 heavy (non-hydrogen) atoms. The van der Waals surface area contributed by atoms with Gasteiger partial charge in [-0.2, -0.15) is 0 Å². The first-order valence-corrected chi connectivity index (χ1v) is 8.97. The Hall–Kier alpha value is -1.58. The van der Waals surface area contributed by atoms with Gasteiger partial charge in [-0.15, -0.1) is 12.4 Å². The van der Waals surface area contributed by atoms with Gasteiger partial charge in [0.2, 0.25) is 5.91 Å². The smallest absolute Gasteiger partial charge is 0.226 e. The second-order valence-electron chi connectivity index (χ2n) is 7.47. The highest BCUT2D eigenvalue weighted by Gasteiger charge is 2.45. The van der Waals surface area contributed by atoms with E-state index < -0.39 is 0 Å². The molecule has 0 saturated heterocycles. The van der Waals surface area contributed by atoms with E-state index in [9.17, 15) is 4.79 Å². The number of hydrogen-bond acceptors (Lipinski definition) is 2. The molecular weight excluding hydrogens is 332 g/mol. The van der Waals surface area contributed by atoms with Crippen LogP contribution in [0.15, 0.2) is 42.5 Å². The van der Waals surface area contributed by atoms with Gasteiger partial charge in [-0.25, -0.2) is 0 Å². The van der Waals surface area contributed by atoms with E-state index in [4.69, 9.17) is 5.73 Å². The Kier molecular flexibility index (Phi) is 6.47. The normalized spacial score (nSPS) is 20.2. The van der Waals surface area contributed by atoms with Crippen LogP contribution in [0.3, 0.4) is 0 Å². The molecule has 3 unspecified atom stereocenters. The minimum atomic E-state index is 0. The van der Waals surface area contributed by atoms with Crippen LogP contribution in [0.1, 0.15) is 38.2 Å². The maximum absolute atomic E-state index is 12.7. The number of hydrogen-bond donors (Lipinski definition) is 1. The number of halogens is 1. The van der Waals surface area contributed by atoms with E-state index in [1.165, 1.54) is 16.3 Å². The van der Waals surface area contributed by atoms with E-state index in [-0.39, 0.29) is 30.3 Å². The van der Waals surface area contributed by atoms with Gasteiger partial charge in [0.15, 0.2) is 0 Å². The molecule has 1 aliphatic rings. The molecule has 0 heterocycles. The van der Waals surface area contributed by atoms with E-state index in [0.717, 1.165) is 19.4 Å². The molecule has 1 amide bonds. The van der Waals surface area contributed by atoms with E-state index >= 15 is 0 Å². The third kappa shape index (κ3) is 4.34. The van der Waals surface area contributed by atoms with Gasteiger partial charge in [0.25, 0.3) is 0 Å². The Morgan fingerprint density at radius 1 is 1.20 bits per heavy atom. The van der Waals surface area contributed by atoms with E-state index in [2.05, 4.69) is 56.3 Å². The Balaban J connectivity index is 0.00000225. The van der Waals surface area contributed by atoms with Crippen LogP contribution in [0.25, 0.3) is 10.8 Å². The number of fused-ring (bicyclic) bond motifs is 1. The molecule has 2 N–H and O–H groups in total. The number of amides is 1. The monoisotopic (exact) mass is 360 g/mol. The molecule has 0 radical (unpaired) electrons. The highest BCUT2D eigenvalue weighted by atomic mass is 35.5. The SMILES string of the molecule is CC(C)C(N)CCN(C)C(=O)C1CC1c1cccc2ccccc12.Cl. The summed E-state index contributed by atoms with van der Waals surface area (Å²) < 4.78 is 0. The fourth-order valence-electron chi connectivity index (χ4n) is 3.45. The zero-order valence-electron chi connectivity index (χ0n) is 15.3. The van der Waals surface area contributed by atoms with Crippen LogP contribution in [0.5, 0.6) is 0 Å². The lowest BCUT2D eigenvalue weighted by Gasteiger charge is -2.21. The fraction of sp³-hybridized carbons (Fsp3) is 0.476. The number of nitrogens with zero attached hydrogens (tertiary/aromatic N) is 1. The van der Waals surface area contributed by atoms with Crippen LogP contribution < -0.4 is 5.73 Å². The number of nitrogens with two attached hydrogens (primary N) is 1. The van der Waals surface area contributed by atoms with Crippen molar-refractivity contribution in [3.05, 3.63) is 48.0 Å². The molecule has 4 heteroatoms. The minimum Gasteiger partial charge on any atom is -0.345 e. The fourth-order valence-corrected chi connectivity index (χ4v) is 3.45. The van der Waals surface area contributed by atoms with Crippen molar-refractivity contribution < 1.29 is 4.79 Å². The van der Waals surface area contributed by atoms with Crippen LogP contribution in [-0.4, -0.2) is 30.4 Å². The van der Waals surface area contributed by atoms with Gasteiger partial charge in [0.05, 0.1) is 0 Å². The number of carbonyl (C=O) groups is 1. The lowest BCUT2D eigenvalue weighted by molar-refractivity contribution is -0.131. The zero-order valence-corrected chi connectivity index (χ0v) is 16.1. The van der Waals surface area contributed by atoms with Gasteiger partial charge in [0.1, 0.15) is 0 Å². The zero-order chi connectivity index (χ0) is 17.3. The molecule has 2 aromatic carbocycles. The highest BCUT2D eigenvalue weighted by molar-refractivity contribution is 5.89. The quantitative estimate of drug-likeness (QED) is 0.839.